The lowest BCUT2D eigenvalue weighted by molar-refractivity contribution is -0.143. The van der Waals surface area contributed by atoms with E-state index >= 15 is 0 Å². The Balaban J connectivity index is 1.82. The van der Waals surface area contributed by atoms with Gasteiger partial charge in [0, 0.05) is 52.4 Å². The van der Waals surface area contributed by atoms with Crippen molar-refractivity contribution in [1.29, 1.82) is 0 Å². The maximum atomic E-state index is 12.0. The second kappa shape index (κ2) is 15.2. The van der Waals surface area contributed by atoms with Crippen LogP contribution in [-0.2, 0) is 11.2 Å². The average molecular weight is 421 g/mol. The van der Waals surface area contributed by atoms with Crippen molar-refractivity contribution in [1.82, 2.24) is 20.9 Å². The monoisotopic (exact) mass is 420 g/mol. The van der Waals surface area contributed by atoms with Crippen molar-refractivity contribution in [3.05, 3.63) is 29.8 Å². The number of carboxylic acid groups (broad SMARTS) is 1. The normalized spacial score (nSPS) is 18.2. The number of carboxylic acids is 1. The van der Waals surface area contributed by atoms with Crippen LogP contribution < -0.4 is 20.7 Å². The van der Waals surface area contributed by atoms with Gasteiger partial charge in [-0.3, -0.25) is 9.69 Å². The van der Waals surface area contributed by atoms with Crippen molar-refractivity contribution >= 4 is 5.97 Å². The molecule has 1 aromatic carbocycles. The molecule has 0 amide bonds. The molecule has 7 heteroatoms. The Kier molecular flexibility index (Phi) is 12.4. The third-order valence-electron chi connectivity index (χ3n) is 5.47. The Morgan fingerprint density at radius 1 is 1.00 bits per heavy atom. The molecule has 30 heavy (non-hydrogen) atoms. The van der Waals surface area contributed by atoms with Gasteiger partial charge in [0.1, 0.15) is 11.8 Å². The fraction of sp³-hybridized carbons (Fsp3) is 0.696. The van der Waals surface area contributed by atoms with Crippen molar-refractivity contribution < 1.29 is 14.6 Å². The van der Waals surface area contributed by atoms with Crippen LogP contribution in [-0.4, -0.2) is 81.0 Å². The van der Waals surface area contributed by atoms with Gasteiger partial charge >= 0.3 is 5.97 Å². The Hall–Kier alpha value is -1.67. The summed E-state index contributed by atoms with van der Waals surface area (Å²) in [6.45, 7) is 9.72. The molecule has 1 aliphatic heterocycles. The maximum Gasteiger partial charge on any atom is 0.320 e. The van der Waals surface area contributed by atoms with Crippen LogP contribution in [0.1, 0.15) is 38.2 Å². The lowest BCUT2D eigenvalue weighted by Crippen LogP contribution is -2.48. The van der Waals surface area contributed by atoms with Gasteiger partial charge in [-0.15, -0.1) is 0 Å². The average Bonchev–Trinajstić information content (AvgIpc) is 2.73. The molecule has 1 fully saturated rings. The van der Waals surface area contributed by atoms with Gasteiger partial charge in [0.05, 0.1) is 6.61 Å². The number of nitrogens with zero attached hydrogens (tertiary/aromatic N) is 1. The largest absolute Gasteiger partial charge is 0.494 e. The third-order valence-corrected chi connectivity index (χ3v) is 5.47. The number of benzene rings is 1. The van der Waals surface area contributed by atoms with Crippen LogP contribution in [0, 0.1) is 0 Å². The van der Waals surface area contributed by atoms with Crippen molar-refractivity contribution in [2.75, 3.05) is 59.0 Å². The van der Waals surface area contributed by atoms with E-state index in [2.05, 4.69) is 39.9 Å². The zero-order valence-electron chi connectivity index (χ0n) is 18.5. The zero-order chi connectivity index (χ0) is 21.4. The van der Waals surface area contributed by atoms with Gasteiger partial charge in [0.2, 0.25) is 0 Å². The van der Waals surface area contributed by atoms with Crippen LogP contribution in [0.15, 0.2) is 24.3 Å². The molecular formula is C23H40N4O3. The van der Waals surface area contributed by atoms with Gasteiger partial charge in [-0.25, -0.2) is 0 Å². The molecule has 1 atom stereocenters. The lowest BCUT2D eigenvalue weighted by Gasteiger charge is -2.29. The number of hydrogen-bond donors (Lipinski definition) is 4. The first-order chi connectivity index (χ1) is 14.7. The molecule has 170 valence electrons. The minimum atomic E-state index is -0.719. The topological polar surface area (TPSA) is 85.9 Å². The first-order valence-corrected chi connectivity index (χ1v) is 11.5. The van der Waals surface area contributed by atoms with E-state index < -0.39 is 12.0 Å². The van der Waals surface area contributed by atoms with Crippen LogP contribution in [0.2, 0.25) is 0 Å². The number of unbranched alkanes of at least 4 members (excludes halogenated alkanes) is 1. The number of aliphatic carboxylic acids is 1. The van der Waals surface area contributed by atoms with E-state index in [1.807, 2.05) is 12.1 Å². The summed E-state index contributed by atoms with van der Waals surface area (Å²) in [5.74, 6) is 0.188. The molecule has 0 bridgehead atoms. The summed E-state index contributed by atoms with van der Waals surface area (Å²) in [5, 5.41) is 20.0. The van der Waals surface area contributed by atoms with Crippen molar-refractivity contribution in [3.63, 3.8) is 0 Å². The van der Waals surface area contributed by atoms with Crippen LogP contribution in [0.3, 0.4) is 0 Å². The van der Waals surface area contributed by atoms with E-state index in [4.69, 9.17) is 4.74 Å². The summed E-state index contributed by atoms with van der Waals surface area (Å²) in [6, 6.07) is 7.78. The second-order valence-electron chi connectivity index (χ2n) is 7.88. The molecule has 1 heterocycles. The maximum absolute atomic E-state index is 12.0. The number of rotatable bonds is 10. The Morgan fingerprint density at radius 2 is 1.60 bits per heavy atom. The summed E-state index contributed by atoms with van der Waals surface area (Å²) in [4.78, 5) is 14.1. The van der Waals surface area contributed by atoms with Crippen LogP contribution >= 0.6 is 0 Å². The van der Waals surface area contributed by atoms with Gasteiger partial charge in [-0.05, 0) is 43.4 Å². The van der Waals surface area contributed by atoms with Crippen molar-refractivity contribution in [3.8, 4) is 5.75 Å². The second-order valence-corrected chi connectivity index (χ2v) is 7.88. The van der Waals surface area contributed by atoms with Crippen molar-refractivity contribution in [2.24, 2.45) is 0 Å². The van der Waals surface area contributed by atoms with Crippen molar-refractivity contribution in [2.45, 2.75) is 45.1 Å². The van der Waals surface area contributed by atoms with E-state index in [-0.39, 0.29) is 0 Å². The van der Waals surface area contributed by atoms with E-state index in [1.165, 1.54) is 5.56 Å². The quantitative estimate of drug-likeness (QED) is 0.429. The molecule has 0 radical (unpaired) electrons. The van der Waals surface area contributed by atoms with Gasteiger partial charge in [0.15, 0.2) is 0 Å². The predicted molar refractivity (Wildman–Crippen MR) is 121 cm³/mol. The Bertz CT molecular complexity index is 570. The van der Waals surface area contributed by atoms with Crippen LogP contribution in [0.5, 0.6) is 5.75 Å². The van der Waals surface area contributed by atoms with Gasteiger partial charge in [0.25, 0.3) is 0 Å². The molecule has 1 unspecified atom stereocenters. The third kappa shape index (κ3) is 9.89. The molecule has 2 rings (SSSR count). The number of hydrogen-bond acceptors (Lipinski definition) is 6. The summed E-state index contributed by atoms with van der Waals surface area (Å²) >= 11 is 0. The van der Waals surface area contributed by atoms with Crippen LogP contribution in [0.25, 0.3) is 0 Å². The number of aryl methyl sites for hydroxylation is 1. The molecule has 0 aromatic heterocycles. The Labute approximate surface area is 181 Å². The summed E-state index contributed by atoms with van der Waals surface area (Å²) in [7, 11) is 0. The molecule has 1 saturated heterocycles. The van der Waals surface area contributed by atoms with Gasteiger partial charge < -0.3 is 25.8 Å². The van der Waals surface area contributed by atoms with Gasteiger partial charge in [-0.1, -0.05) is 25.5 Å². The van der Waals surface area contributed by atoms with E-state index in [9.17, 15) is 9.90 Å². The Morgan fingerprint density at radius 3 is 2.17 bits per heavy atom. The molecule has 7 nitrogen and oxygen atoms in total. The highest BCUT2D eigenvalue weighted by Gasteiger charge is 2.24. The first-order valence-electron chi connectivity index (χ1n) is 11.5. The SMILES string of the molecule is CCCCOc1ccc(CCCC(C(=O)O)N2CCNCCNCCNCC2)cc1. The molecular weight excluding hydrogens is 380 g/mol. The zero-order valence-corrected chi connectivity index (χ0v) is 18.5. The molecule has 1 aromatic rings. The highest BCUT2D eigenvalue weighted by molar-refractivity contribution is 5.73. The summed E-state index contributed by atoms with van der Waals surface area (Å²) in [6.07, 6.45) is 4.59. The lowest BCUT2D eigenvalue weighted by atomic mass is 10.0. The molecule has 0 saturated carbocycles. The summed E-state index contributed by atoms with van der Waals surface area (Å²) in [5.41, 5.74) is 1.23. The smallest absolute Gasteiger partial charge is 0.320 e. The standard InChI is InChI=1S/C23H40N4O3/c1-2-3-19-30-21-9-7-20(8-10-21)5-4-6-22(23(28)29)27-17-15-25-13-11-24-12-14-26-16-18-27/h7-10,22,24-26H,2-6,11-19H2,1H3,(H,28,29). The van der Waals surface area contributed by atoms with E-state index in [0.717, 1.165) is 90.4 Å². The molecule has 0 spiro atoms. The summed E-state index contributed by atoms with van der Waals surface area (Å²) < 4.78 is 5.71. The fourth-order valence-corrected chi connectivity index (χ4v) is 3.65. The number of ether oxygens (including phenoxy) is 1. The van der Waals surface area contributed by atoms with Crippen LogP contribution in [0.4, 0.5) is 0 Å². The number of carbonyl (C=O) groups is 1. The highest BCUT2D eigenvalue weighted by Crippen LogP contribution is 2.16. The minimum absolute atomic E-state index is 0.439. The van der Waals surface area contributed by atoms with E-state index in [1.54, 1.807) is 0 Å². The fourth-order valence-electron chi connectivity index (χ4n) is 3.65. The first kappa shape index (κ1) is 24.6. The minimum Gasteiger partial charge on any atom is -0.494 e. The van der Waals surface area contributed by atoms with E-state index in [0.29, 0.717) is 6.42 Å². The molecule has 1 aliphatic rings. The highest BCUT2D eigenvalue weighted by atomic mass is 16.5. The van der Waals surface area contributed by atoms with Gasteiger partial charge in [-0.2, -0.15) is 0 Å². The molecule has 0 aliphatic carbocycles. The predicted octanol–water partition coefficient (Wildman–Crippen LogP) is 1.73. The number of nitrogens with one attached hydrogen (secondary N) is 3. The molecule has 4 N–H and O–H groups in total.